The minimum Gasteiger partial charge on any atom is -0.496 e. The Morgan fingerprint density at radius 2 is 1.85 bits per heavy atom. The third-order valence-electron chi connectivity index (χ3n) is 6.78. The molecule has 2 aromatic carbocycles. The van der Waals surface area contributed by atoms with Crippen LogP contribution in [0.3, 0.4) is 0 Å². The molecule has 2 atom stereocenters. The molecule has 172 valence electrons. The molecule has 0 fully saturated rings. The second-order valence-corrected chi connectivity index (χ2v) is 8.84. The van der Waals surface area contributed by atoms with Gasteiger partial charge in [0, 0.05) is 52.6 Å². The number of H-pyrrole nitrogens is 1. The van der Waals surface area contributed by atoms with Crippen LogP contribution < -0.4 is 20.3 Å². The van der Waals surface area contributed by atoms with Gasteiger partial charge in [-0.1, -0.05) is 6.92 Å². The summed E-state index contributed by atoms with van der Waals surface area (Å²) in [4.78, 5) is 18.1. The van der Waals surface area contributed by atoms with Crippen molar-refractivity contribution in [1.29, 1.82) is 0 Å². The zero-order chi connectivity index (χ0) is 23.3. The molecule has 0 bridgehead atoms. The maximum atomic E-state index is 12.8. The summed E-state index contributed by atoms with van der Waals surface area (Å²) in [6, 6.07) is 11.9. The molecule has 3 heterocycles. The topological polar surface area (TPSA) is 79.7 Å². The Labute approximate surface area is 192 Å². The molecule has 0 spiro atoms. The number of likely N-dealkylation sites (N-methyl/N-ethyl adjacent to an activating group) is 1. The number of aromatic amines is 1. The lowest BCUT2D eigenvalue weighted by atomic mass is 9.92. The first-order chi connectivity index (χ1) is 15.9. The Bertz CT molecular complexity index is 1400. The van der Waals surface area contributed by atoms with Crippen LogP contribution in [0.4, 0.5) is 5.69 Å². The zero-order valence-corrected chi connectivity index (χ0v) is 19.6. The van der Waals surface area contributed by atoms with Crippen molar-refractivity contribution in [3.8, 4) is 11.5 Å². The van der Waals surface area contributed by atoms with Crippen molar-refractivity contribution in [2.24, 2.45) is 0 Å². The summed E-state index contributed by atoms with van der Waals surface area (Å²) in [6.45, 7) is 5.79. The summed E-state index contributed by atoms with van der Waals surface area (Å²) in [5, 5.41) is 5.34. The number of ether oxygens (including phenoxy) is 2. The van der Waals surface area contributed by atoms with Gasteiger partial charge in [-0.05, 0) is 50.4 Å². The van der Waals surface area contributed by atoms with Gasteiger partial charge in [-0.15, -0.1) is 0 Å². The van der Waals surface area contributed by atoms with Gasteiger partial charge in [-0.25, -0.2) is 0 Å². The quantitative estimate of drug-likeness (QED) is 0.448. The number of pyridine rings is 1. The number of furan rings is 1. The van der Waals surface area contributed by atoms with Crippen molar-refractivity contribution in [2.75, 3.05) is 33.1 Å². The fraction of sp³-hybridized carbons (Fsp3) is 0.346. The standard InChI is InChI=1S/C26H29N3O4/c1-14-13-29(3)15(2)23-18-11-17(6-7-21(18)33-25(14)23)27-12-16-10-19-20(31-4)8-9-22(32-5)24(19)28-26(16)30/h6-11,14-15,27H,12-13H2,1-5H3,(H,28,30). The van der Waals surface area contributed by atoms with E-state index in [1.807, 2.05) is 24.3 Å². The molecule has 33 heavy (non-hydrogen) atoms. The molecule has 2 unspecified atom stereocenters. The summed E-state index contributed by atoms with van der Waals surface area (Å²) >= 11 is 0. The predicted molar refractivity (Wildman–Crippen MR) is 131 cm³/mol. The van der Waals surface area contributed by atoms with E-state index in [1.165, 1.54) is 5.56 Å². The fourth-order valence-corrected chi connectivity index (χ4v) is 4.90. The van der Waals surface area contributed by atoms with Gasteiger partial charge in [-0.2, -0.15) is 0 Å². The van der Waals surface area contributed by atoms with Gasteiger partial charge < -0.3 is 24.2 Å². The number of hydrogen-bond acceptors (Lipinski definition) is 6. The van der Waals surface area contributed by atoms with E-state index in [2.05, 4.69) is 42.2 Å². The second-order valence-electron chi connectivity index (χ2n) is 8.84. The summed E-state index contributed by atoms with van der Waals surface area (Å²) in [5.41, 5.74) is 4.19. The molecule has 7 heteroatoms. The lowest BCUT2D eigenvalue weighted by Gasteiger charge is -2.33. The van der Waals surface area contributed by atoms with Crippen LogP contribution in [-0.4, -0.2) is 37.7 Å². The molecule has 2 aromatic heterocycles. The Hall–Kier alpha value is -3.45. The molecule has 7 nitrogen and oxygen atoms in total. The number of methoxy groups -OCH3 is 2. The molecule has 0 amide bonds. The predicted octanol–water partition coefficient (Wildman–Crippen LogP) is 5.01. The molecule has 0 radical (unpaired) electrons. The van der Waals surface area contributed by atoms with Crippen LogP contribution in [0.2, 0.25) is 0 Å². The number of aromatic nitrogens is 1. The van der Waals surface area contributed by atoms with Crippen LogP contribution in [0.25, 0.3) is 21.9 Å². The largest absolute Gasteiger partial charge is 0.496 e. The molecule has 0 saturated heterocycles. The average Bonchev–Trinajstić information content (AvgIpc) is 3.20. The molecule has 1 aliphatic heterocycles. The highest BCUT2D eigenvalue weighted by molar-refractivity contribution is 5.90. The van der Waals surface area contributed by atoms with Crippen molar-refractivity contribution in [3.05, 3.63) is 63.6 Å². The molecular weight excluding hydrogens is 418 g/mol. The van der Waals surface area contributed by atoms with E-state index >= 15 is 0 Å². The number of anilines is 1. The van der Waals surface area contributed by atoms with Crippen LogP contribution in [-0.2, 0) is 6.54 Å². The number of nitrogens with one attached hydrogen (secondary N) is 2. The summed E-state index contributed by atoms with van der Waals surface area (Å²) in [7, 11) is 5.35. The van der Waals surface area contributed by atoms with Gasteiger partial charge >= 0.3 is 0 Å². The Morgan fingerprint density at radius 3 is 2.61 bits per heavy atom. The van der Waals surface area contributed by atoms with Gasteiger partial charge in [0.15, 0.2) is 0 Å². The van der Waals surface area contributed by atoms with E-state index < -0.39 is 0 Å². The highest BCUT2D eigenvalue weighted by Crippen LogP contribution is 2.42. The number of nitrogens with zero attached hydrogens (tertiary/aromatic N) is 1. The fourth-order valence-electron chi connectivity index (χ4n) is 4.90. The second kappa shape index (κ2) is 8.15. The Kier molecular flexibility index (Phi) is 5.29. The highest BCUT2D eigenvalue weighted by Gasteiger charge is 2.31. The minimum atomic E-state index is -0.160. The van der Waals surface area contributed by atoms with Gasteiger partial charge in [0.2, 0.25) is 0 Å². The lowest BCUT2D eigenvalue weighted by molar-refractivity contribution is 0.215. The van der Waals surface area contributed by atoms with Gasteiger partial charge in [0.1, 0.15) is 22.8 Å². The molecule has 0 aliphatic carbocycles. The Balaban J connectivity index is 1.49. The van der Waals surface area contributed by atoms with E-state index in [9.17, 15) is 4.79 Å². The monoisotopic (exact) mass is 447 g/mol. The van der Waals surface area contributed by atoms with Crippen LogP contribution in [0.1, 0.15) is 42.7 Å². The van der Waals surface area contributed by atoms with E-state index in [1.54, 1.807) is 20.3 Å². The molecule has 5 rings (SSSR count). The van der Waals surface area contributed by atoms with Crippen molar-refractivity contribution in [1.82, 2.24) is 9.88 Å². The van der Waals surface area contributed by atoms with Crippen LogP contribution in [0.15, 0.2) is 45.6 Å². The normalized spacial score (nSPS) is 18.5. The van der Waals surface area contributed by atoms with Crippen molar-refractivity contribution in [3.63, 3.8) is 0 Å². The third kappa shape index (κ3) is 3.53. The van der Waals surface area contributed by atoms with Gasteiger partial charge in [-0.3, -0.25) is 9.69 Å². The average molecular weight is 448 g/mol. The van der Waals surface area contributed by atoms with Gasteiger partial charge in [0.25, 0.3) is 5.56 Å². The van der Waals surface area contributed by atoms with Gasteiger partial charge in [0.05, 0.1) is 19.7 Å². The molecule has 2 N–H and O–H groups in total. The van der Waals surface area contributed by atoms with E-state index in [0.717, 1.165) is 34.3 Å². The van der Waals surface area contributed by atoms with Crippen LogP contribution in [0.5, 0.6) is 11.5 Å². The first-order valence-corrected chi connectivity index (χ1v) is 11.2. The molecule has 0 saturated carbocycles. The minimum absolute atomic E-state index is 0.160. The maximum absolute atomic E-state index is 12.8. The van der Waals surface area contributed by atoms with E-state index in [0.29, 0.717) is 41.1 Å². The molecule has 4 aromatic rings. The van der Waals surface area contributed by atoms with Crippen LogP contribution >= 0.6 is 0 Å². The van der Waals surface area contributed by atoms with Crippen molar-refractivity contribution in [2.45, 2.75) is 32.4 Å². The van der Waals surface area contributed by atoms with Crippen molar-refractivity contribution >= 4 is 27.6 Å². The van der Waals surface area contributed by atoms with E-state index in [-0.39, 0.29) is 5.56 Å². The van der Waals surface area contributed by atoms with Crippen LogP contribution in [0, 0.1) is 0 Å². The smallest absolute Gasteiger partial charge is 0.253 e. The Morgan fingerprint density at radius 1 is 1.09 bits per heavy atom. The zero-order valence-electron chi connectivity index (χ0n) is 19.6. The SMILES string of the molecule is COc1ccc(OC)c2[nH]c(=O)c(CNc3ccc4oc5c(c4c3)C(C)N(C)CC5C)cc12. The van der Waals surface area contributed by atoms with E-state index in [4.69, 9.17) is 13.9 Å². The molecular formula is C26H29N3O4. The lowest BCUT2D eigenvalue weighted by Crippen LogP contribution is -2.31. The van der Waals surface area contributed by atoms with Crippen molar-refractivity contribution < 1.29 is 13.9 Å². The summed E-state index contributed by atoms with van der Waals surface area (Å²) in [6.07, 6.45) is 0. The maximum Gasteiger partial charge on any atom is 0.253 e. The summed E-state index contributed by atoms with van der Waals surface area (Å²) < 4.78 is 17.1. The third-order valence-corrected chi connectivity index (χ3v) is 6.78. The molecule has 1 aliphatic rings. The first-order valence-electron chi connectivity index (χ1n) is 11.2. The summed E-state index contributed by atoms with van der Waals surface area (Å²) in [5.74, 6) is 2.72. The number of benzene rings is 2. The number of rotatable bonds is 5. The first kappa shape index (κ1) is 21.4. The number of hydrogen-bond donors (Lipinski definition) is 2. The highest BCUT2D eigenvalue weighted by atomic mass is 16.5. The number of fused-ring (bicyclic) bond motifs is 4.